The van der Waals surface area contributed by atoms with Gasteiger partial charge in [-0.2, -0.15) is 0 Å². The molecule has 0 unspecified atom stereocenters. The molecule has 0 fully saturated rings. The van der Waals surface area contributed by atoms with Crippen molar-refractivity contribution < 1.29 is 53.5 Å². The number of imide groups is 1. The van der Waals surface area contributed by atoms with E-state index in [1.807, 2.05) is 0 Å². The number of unbranched alkanes of at least 4 members (excludes halogenated alkanes) is 2. The SMILES string of the molecule is CCCCCN(C(=O)c1c(F)c(F)c(F)c(F)c1F)C(=O)c1c(F)c(F)c(F)c(F)c1F. The fraction of sp³-hybridized carbons (Fsp3) is 0.263. The molecule has 32 heavy (non-hydrogen) atoms. The van der Waals surface area contributed by atoms with Gasteiger partial charge in [0, 0.05) is 6.54 Å². The Morgan fingerprint density at radius 2 is 0.812 bits per heavy atom. The summed E-state index contributed by atoms with van der Waals surface area (Å²) >= 11 is 0. The van der Waals surface area contributed by atoms with Crippen LogP contribution in [-0.4, -0.2) is 23.3 Å². The highest BCUT2D eigenvalue weighted by Crippen LogP contribution is 2.28. The van der Waals surface area contributed by atoms with Crippen molar-refractivity contribution in [2.75, 3.05) is 6.54 Å². The molecule has 0 spiro atoms. The molecule has 0 aliphatic rings. The second-order valence-electron chi connectivity index (χ2n) is 6.36. The highest BCUT2D eigenvalue weighted by molar-refractivity contribution is 6.10. The molecule has 2 aromatic carbocycles. The van der Waals surface area contributed by atoms with E-state index in [1.54, 1.807) is 6.92 Å². The Hall–Kier alpha value is -3.12. The molecule has 13 heteroatoms. The van der Waals surface area contributed by atoms with Crippen LogP contribution in [-0.2, 0) is 0 Å². The minimum Gasteiger partial charge on any atom is -0.274 e. The lowest BCUT2D eigenvalue weighted by molar-refractivity contribution is 0.0598. The van der Waals surface area contributed by atoms with Gasteiger partial charge in [-0.25, -0.2) is 43.9 Å². The van der Waals surface area contributed by atoms with Gasteiger partial charge in [-0.05, 0) is 6.42 Å². The van der Waals surface area contributed by atoms with Gasteiger partial charge in [-0.15, -0.1) is 0 Å². The predicted octanol–water partition coefficient (Wildman–Crippen LogP) is 5.55. The molecule has 174 valence electrons. The summed E-state index contributed by atoms with van der Waals surface area (Å²) in [7, 11) is 0. The largest absolute Gasteiger partial charge is 0.274 e. The quantitative estimate of drug-likeness (QED) is 0.181. The Kier molecular flexibility index (Phi) is 7.52. The van der Waals surface area contributed by atoms with Gasteiger partial charge in [0.05, 0.1) is 0 Å². The number of hydrogen-bond acceptors (Lipinski definition) is 2. The first kappa shape index (κ1) is 25.1. The molecule has 0 aliphatic heterocycles. The van der Waals surface area contributed by atoms with Gasteiger partial charge in [-0.3, -0.25) is 14.5 Å². The van der Waals surface area contributed by atoms with Crippen LogP contribution in [0.15, 0.2) is 0 Å². The smallest absolute Gasteiger partial charge is 0.266 e. The monoisotopic (exact) mass is 475 g/mol. The highest BCUT2D eigenvalue weighted by Gasteiger charge is 2.38. The molecule has 0 saturated carbocycles. The number of carbonyl (C=O) groups is 2. The Labute approximate surface area is 173 Å². The minimum atomic E-state index is -2.63. The van der Waals surface area contributed by atoms with Crippen molar-refractivity contribution in [2.45, 2.75) is 26.2 Å². The van der Waals surface area contributed by atoms with Crippen molar-refractivity contribution in [3.8, 4) is 0 Å². The van der Waals surface area contributed by atoms with Crippen LogP contribution in [0.1, 0.15) is 46.9 Å². The third kappa shape index (κ3) is 4.15. The van der Waals surface area contributed by atoms with Crippen molar-refractivity contribution >= 4 is 11.8 Å². The summed E-state index contributed by atoms with van der Waals surface area (Å²) in [5.41, 5.74) is -4.29. The average Bonchev–Trinajstić information content (AvgIpc) is 2.76. The first-order chi connectivity index (χ1) is 14.9. The molecule has 2 rings (SSSR count). The maximum Gasteiger partial charge on any atom is 0.266 e. The zero-order valence-electron chi connectivity index (χ0n) is 15.9. The standard InChI is InChI=1S/C19H11F10NO2/c1-2-3-4-5-30(18(31)6-8(20)12(24)16(28)13(25)9(6)21)19(32)7-10(22)14(26)17(29)15(27)11(7)23/h2-5H2,1H3. The molecule has 2 aromatic rings. The van der Waals surface area contributed by atoms with Crippen LogP contribution in [0.3, 0.4) is 0 Å². The first-order valence-electron chi connectivity index (χ1n) is 8.77. The van der Waals surface area contributed by atoms with Crippen LogP contribution in [0.2, 0.25) is 0 Å². The molecule has 0 atom stereocenters. The molecule has 0 bridgehead atoms. The zero-order valence-corrected chi connectivity index (χ0v) is 15.9. The van der Waals surface area contributed by atoms with Gasteiger partial charge in [0.25, 0.3) is 11.8 Å². The average molecular weight is 475 g/mol. The van der Waals surface area contributed by atoms with E-state index in [-0.39, 0.29) is 17.7 Å². The van der Waals surface area contributed by atoms with Crippen molar-refractivity contribution in [3.05, 3.63) is 69.3 Å². The summed E-state index contributed by atoms with van der Waals surface area (Å²) in [6, 6.07) is 0. The normalized spacial score (nSPS) is 11.1. The summed E-state index contributed by atoms with van der Waals surface area (Å²) < 4.78 is 136. The van der Waals surface area contributed by atoms with Crippen molar-refractivity contribution in [2.24, 2.45) is 0 Å². The van der Waals surface area contributed by atoms with E-state index in [2.05, 4.69) is 0 Å². The van der Waals surface area contributed by atoms with Crippen LogP contribution in [0, 0.1) is 58.2 Å². The minimum absolute atomic E-state index is 0.196. The third-order valence-electron chi connectivity index (χ3n) is 4.32. The van der Waals surface area contributed by atoms with Crippen molar-refractivity contribution in [1.29, 1.82) is 0 Å². The zero-order chi connectivity index (χ0) is 24.5. The van der Waals surface area contributed by atoms with Gasteiger partial charge >= 0.3 is 0 Å². The molecule has 0 saturated heterocycles. The lowest BCUT2D eigenvalue weighted by atomic mass is 10.1. The molecule has 2 amide bonds. The van der Waals surface area contributed by atoms with Crippen LogP contribution in [0.25, 0.3) is 0 Å². The maximum absolute atomic E-state index is 14.0. The summed E-state index contributed by atoms with van der Waals surface area (Å²) in [4.78, 5) is 24.7. The molecule has 0 aliphatic carbocycles. The predicted molar refractivity (Wildman–Crippen MR) is 87.4 cm³/mol. The summed E-state index contributed by atoms with van der Waals surface area (Å²) in [5, 5.41) is 0. The van der Waals surface area contributed by atoms with Crippen molar-refractivity contribution in [1.82, 2.24) is 4.90 Å². The van der Waals surface area contributed by atoms with Crippen molar-refractivity contribution in [3.63, 3.8) is 0 Å². The molecular weight excluding hydrogens is 464 g/mol. The van der Waals surface area contributed by atoms with Gasteiger partial charge < -0.3 is 0 Å². The number of benzene rings is 2. The van der Waals surface area contributed by atoms with E-state index >= 15 is 0 Å². The summed E-state index contributed by atoms with van der Waals surface area (Å²) in [6.07, 6.45) is 0.408. The molecule has 3 nitrogen and oxygen atoms in total. The maximum atomic E-state index is 14.0. The topological polar surface area (TPSA) is 37.4 Å². The number of nitrogens with zero attached hydrogens (tertiary/aromatic N) is 1. The van der Waals surface area contributed by atoms with E-state index in [1.165, 1.54) is 0 Å². The number of hydrogen-bond donors (Lipinski definition) is 0. The molecule has 0 aromatic heterocycles. The number of rotatable bonds is 6. The van der Waals surface area contributed by atoms with E-state index in [0.29, 0.717) is 6.42 Å². The molecular formula is C19H11F10NO2. The van der Waals surface area contributed by atoms with E-state index < -0.39 is 87.7 Å². The fourth-order valence-electron chi connectivity index (χ4n) is 2.67. The van der Waals surface area contributed by atoms with Gasteiger partial charge in [-0.1, -0.05) is 19.8 Å². The van der Waals surface area contributed by atoms with E-state index in [0.717, 1.165) is 0 Å². The Morgan fingerprint density at radius 1 is 0.531 bits per heavy atom. The second-order valence-corrected chi connectivity index (χ2v) is 6.36. The summed E-state index contributed by atoms with van der Waals surface area (Å²) in [6.45, 7) is 0.715. The lowest BCUT2D eigenvalue weighted by Gasteiger charge is -2.22. The third-order valence-corrected chi connectivity index (χ3v) is 4.32. The molecule has 0 N–H and O–H groups in total. The van der Waals surface area contributed by atoms with Gasteiger partial charge in [0.15, 0.2) is 46.5 Å². The number of carbonyl (C=O) groups excluding carboxylic acids is 2. The van der Waals surface area contributed by atoms with Gasteiger partial charge in [0.1, 0.15) is 11.1 Å². The summed E-state index contributed by atoms with van der Waals surface area (Å²) in [5.74, 6) is -30.5. The first-order valence-corrected chi connectivity index (χ1v) is 8.77. The Balaban J connectivity index is 2.70. The van der Waals surface area contributed by atoms with E-state index in [4.69, 9.17) is 0 Å². The molecule has 0 radical (unpaired) electrons. The van der Waals surface area contributed by atoms with Gasteiger partial charge in [0.2, 0.25) is 11.6 Å². The van der Waals surface area contributed by atoms with Crippen LogP contribution in [0.5, 0.6) is 0 Å². The number of halogens is 10. The Morgan fingerprint density at radius 3 is 1.09 bits per heavy atom. The van der Waals surface area contributed by atoms with Crippen LogP contribution in [0.4, 0.5) is 43.9 Å². The van der Waals surface area contributed by atoms with Crippen LogP contribution >= 0.6 is 0 Å². The molecule has 0 heterocycles. The fourth-order valence-corrected chi connectivity index (χ4v) is 2.67. The second kappa shape index (κ2) is 9.57. The van der Waals surface area contributed by atoms with Crippen LogP contribution < -0.4 is 0 Å². The Bertz CT molecular complexity index is 963. The lowest BCUT2D eigenvalue weighted by Crippen LogP contribution is -2.40. The highest BCUT2D eigenvalue weighted by atomic mass is 19.2. The number of amides is 2. The van der Waals surface area contributed by atoms with E-state index in [9.17, 15) is 53.5 Å².